The number of aryl methyl sites for hydroxylation is 1. The average Bonchev–Trinajstić information content (AvgIpc) is 2.78. The Bertz CT molecular complexity index is 998. The van der Waals surface area contributed by atoms with Gasteiger partial charge in [-0.2, -0.15) is 17.5 Å². The summed E-state index contributed by atoms with van der Waals surface area (Å²) in [5.74, 6) is -0.165. The predicted octanol–water partition coefficient (Wildman–Crippen LogP) is 4.17. The zero-order valence-electron chi connectivity index (χ0n) is 17.7. The van der Waals surface area contributed by atoms with E-state index in [9.17, 15) is 26.4 Å². The summed E-state index contributed by atoms with van der Waals surface area (Å²) in [5, 5.41) is 2.76. The molecule has 0 radical (unpaired) electrons. The Kier molecular flexibility index (Phi) is 7.95. The van der Waals surface area contributed by atoms with Crippen LogP contribution < -0.4 is 5.32 Å². The number of nitrogens with one attached hydrogen (secondary N) is 1. The maximum Gasteiger partial charge on any atom is 0.416 e. The molecule has 2 aromatic carbocycles. The number of halogens is 3. The fourth-order valence-corrected chi connectivity index (χ4v) is 5.15. The number of amides is 1. The van der Waals surface area contributed by atoms with Crippen molar-refractivity contribution in [1.82, 2.24) is 9.62 Å². The third-order valence-electron chi connectivity index (χ3n) is 5.53. The molecule has 0 bridgehead atoms. The van der Waals surface area contributed by atoms with Crippen LogP contribution in [-0.2, 0) is 33.8 Å². The van der Waals surface area contributed by atoms with Crippen LogP contribution in [0.15, 0.2) is 53.4 Å². The van der Waals surface area contributed by atoms with Crippen LogP contribution in [-0.4, -0.2) is 38.3 Å². The van der Waals surface area contributed by atoms with Gasteiger partial charge in [0, 0.05) is 26.1 Å². The zero-order chi connectivity index (χ0) is 23.2. The monoisotopic (exact) mass is 468 g/mol. The minimum absolute atomic E-state index is 0.165. The second kappa shape index (κ2) is 10.5. The van der Waals surface area contributed by atoms with Crippen LogP contribution in [0.5, 0.6) is 0 Å². The number of carbonyl (C=O) groups is 1. The maximum absolute atomic E-state index is 12.7. The highest BCUT2D eigenvalue weighted by Crippen LogP contribution is 2.29. The van der Waals surface area contributed by atoms with E-state index in [0.717, 1.165) is 37.0 Å². The minimum atomic E-state index is -4.36. The largest absolute Gasteiger partial charge is 0.416 e. The van der Waals surface area contributed by atoms with Gasteiger partial charge in [0.2, 0.25) is 15.9 Å². The van der Waals surface area contributed by atoms with Gasteiger partial charge in [-0.25, -0.2) is 8.42 Å². The topological polar surface area (TPSA) is 66.5 Å². The van der Waals surface area contributed by atoms with Crippen molar-refractivity contribution in [3.63, 3.8) is 0 Å². The Morgan fingerprint density at radius 3 is 2.03 bits per heavy atom. The number of nitrogens with zero attached hydrogens (tertiary/aromatic N) is 1. The van der Waals surface area contributed by atoms with Gasteiger partial charge in [0.05, 0.1) is 10.5 Å². The smallest absolute Gasteiger partial charge is 0.356 e. The number of piperidine rings is 1. The summed E-state index contributed by atoms with van der Waals surface area (Å²) in [6.45, 7) is 1.44. The van der Waals surface area contributed by atoms with Crippen molar-refractivity contribution < 1.29 is 26.4 Å². The molecule has 0 aliphatic carbocycles. The Morgan fingerprint density at radius 2 is 1.44 bits per heavy atom. The summed E-state index contributed by atoms with van der Waals surface area (Å²) in [6, 6.07) is 11.5. The van der Waals surface area contributed by atoms with Crippen LogP contribution in [0.25, 0.3) is 0 Å². The van der Waals surface area contributed by atoms with Crippen molar-refractivity contribution >= 4 is 15.9 Å². The summed E-state index contributed by atoms with van der Waals surface area (Å²) in [5.41, 5.74) is 0.879. The fourth-order valence-electron chi connectivity index (χ4n) is 3.64. The molecule has 0 saturated carbocycles. The molecule has 32 heavy (non-hydrogen) atoms. The Balaban J connectivity index is 1.43. The van der Waals surface area contributed by atoms with Gasteiger partial charge in [0.1, 0.15) is 0 Å². The number of hydrogen-bond acceptors (Lipinski definition) is 3. The van der Waals surface area contributed by atoms with Crippen LogP contribution in [0.4, 0.5) is 13.2 Å². The lowest BCUT2D eigenvalue weighted by Crippen LogP contribution is -2.35. The van der Waals surface area contributed by atoms with Gasteiger partial charge < -0.3 is 5.32 Å². The van der Waals surface area contributed by atoms with Gasteiger partial charge in [-0.05, 0) is 61.1 Å². The Hall–Kier alpha value is -2.39. The highest BCUT2D eigenvalue weighted by Gasteiger charge is 2.30. The molecule has 1 fully saturated rings. The summed E-state index contributed by atoms with van der Waals surface area (Å²) in [6.07, 6.45) is -0.398. The maximum atomic E-state index is 12.7. The molecular formula is C23H27F3N2O3S. The normalized spacial score (nSPS) is 15.5. The quantitative estimate of drug-likeness (QED) is 0.632. The third kappa shape index (κ3) is 6.56. The minimum Gasteiger partial charge on any atom is -0.356 e. The SMILES string of the molecule is O=C(CCc1ccc(S(=O)(=O)N2CCCCC2)cc1)NCCc1ccc(C(F)(F)F)cc1. The molecule has 5 nitrogen and oxygen atoms in total. The lowest BCUT2D eigenvalue weighted by atomic mass is 10.1. The molecule has 1 N–H and O–H groups in total. The Morgan fingerprint density at radius 1 is 0.875 bits per heavy atom. The molecular weight excluding hydrogens is 441 g/mol. The lowest BCUT2D eigenvalue weighted by Gasteiger charge is -2.25. The molecule has 174 valence electrons. The van der Waals surface area contributed by atoms with Crippen LogP contribution in [0.3, 0.4) is 0 Å². The predicted molar refractivity (Wildman–Crippen MR) is 116 cm³/mol. The summed E-state index contributed by atoms with van der Waals surface area (Å²) < 4.78 is 64.6. The number of hydrogen-bond donors (Lipinski definition) is 1. The molecule has 9 heteroatoms. The molecule has 1 heterocycles. The summed E-state index contributed by atoms with van der Waals surface area (Å²) in [7, 11) is -3.47. The van der Waals surface area contributed by atoms with Crippen LogP contribution in [0.1, 0.15) is 42.4 Å². The molecule has 1 amide bonds. The van der Waals surface area contributed by atoms with Crippen LogP contribution >= 0.6 is 0 Å². The van der Waals surface area contributed by atoms with Crippen molar-refractivity contribution in [2.24, 2.45) is 0 Å². The second-order valence-corrected chi connectivity index (χ2v) is 9.84. The number of sulfonamides is 1. The molecule has 3 rings (SSSR count). The average molecular weight is 469 g/mol. The highest BCUT2D eigenvalue weighted by atomic mass is 32.2. The Labute approximate surface area is 186 Å². The van der Waals surface area contributed by atoms with E-state index >= 15 is 0 Å². The molecule has 2 aromatic rings. The van der Waals surface area contributed by atoms with Crippen LogP contribution in [0, 0.1) is 0 Å². The first-order valence-corrected chi connectivity index (χ1v) is 12.1. The van der Waals surface area contributed by atoms with Crippen molar-refractivity contribution in [2.75, 3.05) is 19.6 Å². The van der Waals surface area contributed by atoms with Gasteiger partial charge in [-0.3, -0.25) is 4.79 Å². The van der Waals surface area contributed by atoms with Crippen molar-refractivity contribution in [3.8, 4) is 0 Å². The van der Waals surface area contributed by atoms with E-state index in [4.69, 9.17) is 0 Å². The van der Waals surface area contributed by atoms with Gasteiger partial charge in [-0.1, -0.05) is 30.7 Å². The van der Waals surface area contributed by atoms with Gasteiger partial charge >= 0.3 is 6.18 Å². The van der Waals surface area contributed by atoms with E-state index in [0.29, 0.717) is 38.0 Å². The second-order valence-electron chi connectivity index (χ2n) is 7.90. The van der Waals surface area contributed by atoms with Crippen molar-refractivity contribution in [2.45, 2.75) is 49.6 Å². The first-order chi connectivity index (χ1) is 15.2. The first-order valence-electron chi connectivity index (χ1n) is 10.7. The standard InChI is InChI=1S/C23H27F3N2O3S/c24-23(25,26)20-9-4-19(5-10-20)14-15-27-22(29)13-8-18-6-11-21(12-7-18)32(30,31)28-16-2-1-3-17-28/h4-7,9-12H,1-3,8,13-17H2,(H,27,29). The molecule has 1 saturated heterocycles. The number of carbonyl (C=O) groups excluding carboxylic acids is 1. The van der Waals surface area contributed by atoms with E-state index in [-0.39, 0.29) is 17.2 Å². The lowest BCUT2D eigenvalue weighted by molar-refractivity contribution is -0.137. The number of rotatable bonds is 8. The van der Waals surface area contributed by atoms with Gasteiger partial charge in [0.25, 0.3) is 0 Å². The van der Waals surface area contributed by atoms with E-state index in [1.165, 1.54) is 16.4 Å². The summed E-state index contributed by atoms with van der Waals surface area (Å²) in [4.78, 5) is 12.3. The molecule has 1 aliphatic heterocycles. The zero-order valence-corrected chi connectivity index (χ0v) is 18.5. The fraction of sp³-hybridized carbons (Fsp3) is 0.435. The third-order valence-corrected chi connectivity index (χ3v) is 7.45. The van der Waals surface area contributed by atoms with E-state index in [2.05, 4.69) is 5.32 Å². The first kappa shape index (κ1) is 24.3. The molecule has 0 unspecified atom stereocenters. The number of benzene rings is 2. The molecule has 0 spiro atoms. The van der Waals surface area contributed by atoms with Crippen LogP contribution in [0.2, 0.25) is 0 Å². The molecule has 0 atom stereocenters. The number of alkyl halides is 3. The van der Waals surface area contributed by atoms with E-state index in [1.54, 1.807) is 24.3 Å². The van der Waals surface area contributed by atoms with Crippen molar-refractivity contribution in [1.29, 1.82) is 0 Å². The molecule has 1 aliphatic rings. The van der Waals surface area contributed by atoms with Gasteiger partial charge in [-0.15, -0.1) is 0 Å². The summed E-state index contributed by atoms with van der Waals surface area (Å²) >= 11 is 0. The molecule has 0 aromatic heterocycles. The van der Waals surface area contributed by atoms with E-state index in [1.807, 2.05) is 0 Å². The highest BCUT2D eigenvalue weighted by molar-refractivity contribution is 7.89. The van der Waals surface area contributed by atoms with E-state index < -0.39 is 21.8 Å². The van der Waals surface area contributed by atoms with Gasteiger partial charge in [0.15, 0.2) is 0 Å². The van der Waals surface area contributed by atoms with Crippen molar-refractivity contribution in [3.05, 3.63) is 65.2 Å².